The second kappa shape index (κ2) is 22.2. The number of nitrogens with one attached hydrogen (secondary N) is 2. The standard InChI is InChI=1S/C41H43N5O11/c1-2-25-54-39(49)43-24-10-9-15-36(37(42)47)45(32-18-16-31(17-19-32)28-56-41(51)57-34-22-20-33(21-23-34)46(52)53)38(48)35(26-29-11-5-3-6-12-29)44-40(50)55-27-30-13-7-4-8-14-30/h2-8,11-14,16-23,35-36H,1,9-10,15,24-28H2,(H2,42,47)(H,43,49)(H,44,50). The van der Waals surface area contributed by atoms with Gasteiger partial charge in [-0.25, -0.2) is 14.4 Å². The van der Waals surface area contributed by atoms with Gasteiger partial charge in [0.2, 0.25) is 5.91 Å². The van der Waals surface area contributed by atoms with Gasteiger partial charge in [-0.1, -0.05) is 85.5 Å². The van der Waals surface area contributed by atoms with Crippen LogP contribution in [0.25, 0.3) is 0 Å². The fourth-order valence-corrected chi connectivity index (χ4v) is 5.48. The van der Waals surface area contributed by atoms with E-state index in [2.05, 4.69) is 17.2 Å². The third-order valence-electron chi connectivity index (χ3n) is 8.29. The van der Waals surface area contributed by atoms with Crippen molar-refractivity contribution in [3.63, 3.8) is 0 Å². The third-order valence-corrected chi connectivity index (χ3v) is 8.29. The first-order valence-corrected chi connectivity index (χ1v) is 17.9. The van der Waals surface area contributed by atoms with Gasteiger partial charge in [0.15, 0.2) is 0 Å². The number of nitro benzene ring substituents is 1. The first-order valence-electron chi connectivity index (χ1n) is 17.9. The summed E-state index contributed by atoms with van der Waals surface area (Å²) < 4.78 is 20.7. The van der Waals surface area contributed by atoms with Gasteiger partial charge >= 0.3 is 18.3 Å². The Morgan fingerprint density at radius 2 is 1.39 bits per heavy atom. The number of unbranched alkanes of at least 4 members (excludes halogenated alkanes) is 1. The molecule has 2 unspecified atom stereocenters. The molecule has 57 heavy (non-hydrogen) atoms. The second-order valence-electron chi connectivity index (χ2n) is 12.4. The molecule has 0 radical (unpaired) electrons. The van der Waals surface area contributed by atoms with E-state index in [1.54, 1.807) is 72.8 Å². The van der Waals surface area contributed by atoms with Crippen molar-refractivity contribution in [3.05, 3.63) is 149 Å². The Morgan fingerprint density at radius 1 is 0.772 bits per heavy atom. The second-order valence-corrected chi connectivity index (χ2v) is 12.4. The van der Waals surface area contributed by atoms with E-state index in [1.165, 1.54) is 35.2 Å². The fraction of sp³-hybridized carbons (Fsp3) is 0.244. The summed E-state index contributed by atoms with van der Waals surface area (Å²) in [6.07, 6.45) is -0.194. The quantitative estimate of drug-likeness (QED) is 0.0176. The zero-order valence-corrected chi connectivity index (χ0v) is 31.0. The van der Waals surface area contributed by atoms with E-state index in [9.17, 15) is 34.1 Å². The maximum atomic E-state index is 14.7. The van der Waals surface area contributed by atoms with Crippen LogP contribution in [-0.4, -0.2) is 60.3 Å². The Balaban J connectivity index is 1.55. The predicted octanol–water partition coefficient (Wildman–Crippen LogP) is 6.12. The normalized spacial score (nSPS) is 11.5. The molecular formula is C41H43N5O11. The zero-order valence-electron chi connectivity index (χ0n) is 31.0. The molecule has 0 aliphatic heterocycles. The van der Waals surface area contributed by atoms with Crippen LogP contribution in [0.15, 0.2) is 122 Å². The van der Waals surface area contributed by atoms with Crippen LogP contribution in [-0.2, 0) is 43.4 Å². The van der Waals surface area contributed by atoms with E-state index in [4.69, 9.17) is 24.7 Å². The van der Waals surface area contributed by atoms with Gasteiger partial charge in [-0.05, 0) is 60.2 Å². The van der Waals surface area contributed by atoms with Crippen LogP contribution >= 0.6 is 0 Å². The van der Waals surface area contributed by atoms with Crippen LogP contribution in [0.5, 0.6) is 5.75 Å². The molecule has 0 heterocycles. The van der Waals surface area contributed by atoms with Crippen molar-refractivity contribution < 1.29 is 47.8 Å². The summed E-state index contributed by atoms with van der Waals surface area (Å²) in [7, 11) is 0. The highest BCUT2D eigenvalue weighted by Gasteiger charge is 2.35. The molecule has 16 heteroatoms. The van der Waals surface area contributed by atoms with Crippen LogP contribution in [0.2, 0.25) is 0 Å². The number of amides is 4. The van der Waals surface area contributed by atoms with Crippen LogP contribution in [0.3, 0.4) is 0 Å². The SMILES string of the molecule is C=CCOC(=O)NCCCCC(C(N)=O)N(C(=O)C(Cc1ccccc1)NC(=O)OCc1ccccc1)c1ccc(COC(=O)Oc2ccc([N+](=O)[O-])cc2)cc1. The van der Waals surface area contributed by atoms with E-state index in [1.807, 2.05) is 12.1 Å². The van der Waals surface area contributed by atoms with Gasteiger partial charge in [0, 0.05) is 30.8 Å². The van der Waals surface area contributed by atoms with Crippen LogP contribution in [0.1, 0.15) is 36.0 Å². The molecule has 0 fully saturated rings. The van der Waals surface area contributed by atoms with Crippen LogP contribution in [0.4, 0.5) is 25.8 Å². The summed E-state index contributed by atoms with van der Waals surface area (Å²) in [5.41, 5.74) is 7.97. The minimum atomic E-state index is -1.21. The number of carbonyl (C=O) groups is 5. The number of non-ortho nitro benzene ring substituents is 1. The molecule has 0 aliphatic carbocycles. The highest BCUT2D eigenvalue weighted by atomic mass is 16.7. The van der Waals surface area contributed by atoms with Crippen molar-refractivity contribution in [2.75, 3.05) is 18.1 Å². The number of alkyl carbamates (subject to hydrolysis) is 2. The molecule has 0 saturated heterocycles. The summed E-state index contributed by atoms with van der Waals surface area (Å²) >= 11 is 0. The number of rotatable bonds is 20. The Labute approximate surface area is 328 Å². The monoisotopic (exact) mass is 781 g/mol. The number of anilines is 1. The zero-order chi connectivity index (χ0) is 41.0. The molecule has 16 nitrogen and oxygen atoms in total. The predicted molar refractivity (Wildman–Crippen MR) is 208 cm³/mol. The van der Waals surface area contributed by atoms with Crippen molar-refractivity contribution in [2.24, 2.45) is 5.73 Å². The van der Waals surface area contributed by atoms with Crippen LogP contribution in [0, 0.1) is 10.1 Å². The molecule has 0 spiro atoms. The lowest BCUT2D eigenvalue weighted by Gasteiger charge is -2.33. The van der Waals surface area contributed by atoms with E-state index >= 15 is 0 Å². The van der Waals surface area contributed by atoms with Crippen molar-refractivity contribution >= 4 is 41.5 Å². The topological polar surface area (TPSA) is 219 Å². The van der Waals surface area contributed by atoms with Gasteiger partial charge in [0.05, 0.1) is 4.92 Å². The summed E-state index contributed by atoms with van der Waals surface area (Å²) in [5, 5.41) is 16.2. The van der Waals surface area contributed by atoms with E-state index in [0.717, 1.165) is 11.1 Å². The van der Waals surface area contributed by atoms with Crippen molar-refractivity contribution in [1.82, 2.24) is 10.6 Å². The number of benzene rings is 4. The molecule has 0 saturated carbocycles. The summed E-state index contributed by atoms with van der Waals surface area (Å²) in [6.45, 7) is 3.47. The minimum Gasteiger partial charge on any atom is -0.445 e. The Kier molecular flexibility index (Phi) is 16.6. The Hall–Kier alpha value is -7.23. The van der Waals surface area contributed by atoms with E-state index in [0.29, 0.717) is 18.4 Å². The summed E-state index contributed by atoms with van der Waals surface area (Å²) in [4.78, 5) is 76.7. The lowest BCUT2D eigenvalue weighted by atomic mass is 10.0. The molecule has 2 atom stereocenters. The maximum absolute atomic E-state index is 14.7. The number of nitrogens with zero attached hydrogens (tertiary/aromatic N) is 2. The van der Waals surface area contributed by atoms with Crippen molar-refractivity contribution in [1.29, 1.82) is 0 Å². The average molecular weight is 782 g/mol. The van der Waals surface area contributed by atoms with E-state index < -0.39 is 47.2 Å². The molecule has 4 rings (SSSR count). The highest BCUT2D eigenvalue weighted by Crippen LogP contribution is 2.24. The highest BCUT2D eigenvalue weighted by molar-refractivity contribution is 6.04. The number of nitro groups is 1. The summed E-state index contributed by atoms with van der Waals surface area (Å²) in [6, 6.07) is 26.7. The molecule has 4 amide bonds. The van der Waals surface area contributed by atoms with E-state index in [-0.39, 0.29) is 56.3 Å². The van der Waals surface area contributed by atoms with Gasteiger partial charge < -0.3 is 35.3 Å². The number of primary amides is 1. The van der Waals surface area contributed by atoms with Crippen molar-refractivity contribution in [2.45, 2.75) is 51.0 Å². The van der Waals surface area contributed by atoms with Gasteiger partial charge in [-0.3, -0.25) is 24.6 Å². The summed E-state index contributed by atoms with van der Waals surface area (Å²) in [5.74, 6) is -1.42. The number of ether oxygens (including phenoxy) is 4. The first-order chi connectivity index (χ1) is 27.5. The molecule has 4 aromatic carbocycles. The molecule has 298 valence electrons. The third kappa shape index (κ3) is 14.2. The number of carbonyl (C=O) groups excluding carboxylic acids is 5. The molecule has 4 aromatic rings. The number of hydrogen-bond donors (Lipinski definition) is 3. The molecule has 4 N–H and O–H groups in total. The molecule has 0 aliphatic rings. The largest absolute Gasteiger partial charge is 0.514 e. The first kappa shape index (κ1) is 42.5. The van der Waals surface area contributed by atoms with Gasteiger partial charge in [0.1, 0.15) is 37.7 Å². The molecule has 0 aromatic heterocycles. The van der Waals surface area contributed by atoms with Crippen LogP contribution < -0.4 is 26.0 Å². The number of nitrogens with two attached hydrogens (primary N) is 1. The molecule has 0 bridgehead atoms. The Morgan fingerprint density at radius 3 is 2.00 bits per heavy atom. The average Bonchev–Trinajstić information content (AvgIpc) is 3.21. The lowest BCUT2D eigenvalue weighted by Crippen LogP contribution is -2.56. The number of hydrogen-bond acceptors (Lipinski definition) is 11. The van der Waals surface area contributed by atoms with Gasteiger partial charge in [0.25, 0.3) is 11.6 Å². The van der Waals surface area contributed by atoms with Gasteiger partial charge in [-0.2, -0.15) is 0 Å². The lowest BCUT2D eigenvalue weighted by molar-refractivity contribution is -0.384. The molecular weight excluding hydrogens is 738 g/mol. The van der Waals surface area contributed by atoms with Crippen molar-refractivity contribution in [3.8, 4) is 5.75 Å². The maximum Gasteiger partial charge on any atom is 0.514 e. The van der Waals surface area contributed by atoms with Gasteiger partial charge in [-0.15, -0.1) is 0 Å². The minimum absolute atomic E-state index is 0.0404. The Bertz CT molecular complexity index is 1960. The fourth-order valence-electron chi connectivity index (χ4n) is 5.48. The smallest absolute Gasteiger partial charge is 0.445 e.